The molecule has 0 saturated heterocycles. The van der Waals surface area contributed by atoms with E-state index in [0.29, 0.717) is 22.5 Å². The number of aromatic nitrogens is 2. The van der Waals surface area contributed by atoms with Gasteiger partial charge in [0.25, 0.3) is 5.56 Å². The number of fused-ring (bicyclic) bond motifs is 3. The van der Waals surface area contributed by atoms with Gasteiger partial charge in [-0.05, 0) is 61.9 Å². The molecule has 5 nitrogen and oxygen atoms in total. The molecular weight excluding hydrogens is 440 g/mol. The topological polar surface area (TPSA) is 61.2 Å². The van der Waals surface area contributed by atoms with Gasteiger partial charge in [0.05, 0.1) is 23.4 Å². The van der Waals surface area contributed by atoms with E-state index in [4.69, 9.17) is 21.3 Å². The molecule has 1 aromatic carbocycles. The summed E-state index contributed by atoms with van der Waals surface area (Å²) in [5.41, 5.74) is 1.76. The highest BCUT2D eigenvalue weighted by Gasteiger charge is 2.23. The number of hydrogen-bond donors (Lipinski definition) is 0. The van der Waals surface area contributed by atoms with Crippen molar-refractivity contribution < 1.29 is 9.53 Å². The fourth-order valence-corrected chi connectivity index (χ4v) is 5.84. The largest absolute Gasteiger partial charge is 0.465 e. The first-order valence-electron chi connectivity index (χ1n) is 10.2. The Balaban J connectivity index is 1.75. The summed E-state index contributed by atoms with van der Waals surface area (Å²) in [7, 11) is 0. The number of ether oxygens (including phenoxy) is 1. The quantitative estimate of drug-likeness (QED) is 0.203. The van der Waals surface area contributed by atoms with E-state index in [1.165, 1.54) is 16.6 Å². The maximum Gasteiger partial charge on any atom is 0.316 e. The van der Waals surface area contributed by atoms with E-state index in [2.05, 4.69) is 0 Å². The maximum atomic E-state index is 13.6. The van der Waals surface area contributed by atoms with Crippen LogP contribution in [0.15, 0.2) is 34.2 Å². The number of esters is 1. The molecule has 2 aromatic heterocycles. The molecule has 0 atom stereocenters. The van der Waals surface area contributed by atoms with Crippen molar-refractivity contribution in [3.63, 3.8) is 0 Å². The Morgan fingerprint density at radius 3 is 2.80 bits per heavy atom. The third-order valence-electron chi connectivity index (χ3n) is 5.12. The number of rotatable bonds is 7. The first-order valence-corrected chi connectivity index (χ1v) is 12.4. The summed E-state index contributed by atoms with van der Waals surface area (Å²) in [5, 5.41) is 1.82. The Bertz CT molecular complexity index is 1120. The SMILES string of the molecule is CCCCOC(=O)CSc1nc2sc3c(c2c(=O)n1-c1ccc(Cl)cc1)CCCC3. The van der Waals surface area contributed by atoms with Crippen LogP contribution in [0.1, 0.15) is 43.0 Å². The molecule has 1 aliphatic rings. The predicted octanol–water partition coefficient (Wildman–Crippen LogP) is 5.41. The molecule has 3 aromatic rings. The average Bonchev–Trinajstić information content (AvgIpc) is 3.12. The molecule has 2 heterocycles. The number of halogens is 1. The van der Waals surface area contributed by atoms with Gasteiger partial charge in [-0.1, -0.05) is 36.7 Å². The van der Waals surface area contributed by atoms with Crippen molar-refractivity contribution in [2.45, 2.75) is 50.6 Å². The van der Waals surface area contributed by atoms with E-state index >= 15 is 0 Å². The first-order chi connectivity index (χ1) is 14.6. The number of carbonyl (C=O) groups is 1. The van der Waals surface area contributed by atoms with Gasteiger partial charge < -0.3 is 4.74 Å². The third-order valence-corrected chi connectivity index (χ3v) is 7.47. The summed E-state index contributed by atoms with van der Waals surface area (Å²) in [6.45, 7) is 2.47. The Kier molecular flexibility index (Phi) is 6.80. The molecule has 0 unspecified atom stereocenters. The normalized spacial score (nSPS) is 13.4. The number of nitrogens with zero attached hydrogens (tertiary/aromatic N) is 2. The van der Waals surface area contributed by atoms with Gasteiger partial charge in [0.1, 0.15) is 4.83 Å². The van der Waals surface area contributed by atoms with Crippen LogP contribution in [0.5, 0.6) is 0 Å². The van der Waals surface area contributed by atoms with Gasteiger partial charge >= 0.3 is 5.97 Å². The first kappa shape index (κ1) is 21.4. The standard InChI is InChI=1S/C22H23ClN2O3S2/c1-2-3-12-28-18(26)13-29-22-24-20-19(16-6-4-5-7-17(16)30-20)21(27)25(22)15-10-8-14(23)9-11-15/h8-11H,2-7,12-13H2,1H3. The number of benzene rings is 1. The molecular formula is C22H23ClN2O3S2. The van der Waals surface area contributed by atoms with Crippen LogP contribution in [0.25, 0.3) is 15.9 Å². The van der Waals surface area contributed by atoms with Crippen LogP contribution < -0.4 is 5.56 Å². The lowest BCUT2D eigenvalue weighted by atomic mass is 9.97. The van der Waals surface area contributed by atoms with Gasteiger partial charge in [0, 0.05) is 9.90 Å². The van der Waals surface area contributed by atoms with E-state index in [1.54, 1.807) is 40.2 Å². The van der Waals surface area contributed by atoms with E-state index in [0.717, 1.165) is 54.3 Å². The molecule has 30 heavy (non-hydrogen) atoms. The van der Waals surface area contributed by atoms with E-state index < -0.39 is 0 Å². The van der Waals surface area contributed by atoms with Crippen LogP contribution in [0.2, 0.25) is 5.02 Å². The van der Waals surface area contributed by atoms with Crippen molar-refractivity contribution in [3.8, 4) is 5.69 Å². The Labute approximate surface area is 188 Å². The van der Waals surface area contributed by atoms with Crippen molar-refractivity contribution in [2.75, 3.05) is 12.4 Å². The number of unbranched alkanes of at least 4 members (excludes halogenated alkanes) is 1. The summed E-state index contributed by atoms with van der Waals surface area (Å²) in [5.74, 6) is -0.184. The summed E-state index contributed by atoms with van der Waals surface area (Å²) in [6.07, 6.45) is 5.98. The molecule has 0 spiro atoms. The zero-order chi connectivity index (χ0) is 21.1. The number of thioether (sulfide) groups is 1. The molecule has 158 valence electrons. The van der Waals surface area contributed by atoms with Crippen molar-refractivity contribution in [1.82, 2.24) is 9.55 Å². The molecule has 0 fully saturated rings. The molecule has 0 amide bonds. The fraction of sp³-hybridized carbons (Fsp3) is 0.409. The smallest absolute Gasteiger partial charge is 0.316 e. The number of thiophene rings is 1. The van der Waals surface area contributed by atoms with Gasteiger partial charge in [0.15, 0.2) is 5.16 Å². The van der Waals surface area contributed by atoms with Gasteiger partial charge in [-0.2, -0.15) is 0 Å². The van der Waals surface area contributed by atoms with Crippen LogP contribution in [0.4, 0.5) is 0 Å². The lowest BCUT2D eigenvalue weighted by molar-refractivity contribution is -0.140. The van der Waals surface area contributed by atoms with Crippen molar-refractivity contribution >= 4 is 50.9 Å². The molecule has 0 saturated carbocycles. The summed E-state index contributed by atoms with van der Waals surface area (Å²) >= 11 is 8.90. The third kappa shape index (κ3) is 4.43. The minimum atomic E-state index is -0.295. The van der Waals surface area contributed by atoms with Crippen LogP contribution in [0, 0.1) is 0 Å². The Hall–Kier alpha value is -1.83. The zero-order valence-electron chi connectivity index (χ0n) is 16.8. The minimum Gasteiger partial charge on any atom is -0.465 e. The molecule has 1 aliphatic carbocycles. The lowest BCUT2D eigenvalue weighted by Gasteiger charge is -2.13. The number of aryl methyl sites for hydroxylation is 2. The maximum absolute atomic E-state index is 13.6. The molecule has 0 radical (unpaired) electrons. The molecule has 4 rings (SSSR count). The van der Waals surface area contributed by atoms with Crippen molar-refractivity contribution in [1.29, 1.82) is 0 Å². The fourth-order valence-electron chi connectivity index (χ4n) is 3.60. The Morgan fingerprint density at radius 1 is 1.27 bits per heavy atom. The molecule has 0 aliphatic heterocycles. The Morgan fingerprint density at radius 2 is 2.03 bits per heavy atom. The van der Waals surface area contributed by atoms with Crippen LogP contribution in [-0.4, -0.2) is 27.9 Å². The van der Waals surface area contributed by atoms with Crippen LogP contribution >= 0.6 is 34.7 Å². The second kappa shape index (κ2) is 9.54. The van der Waals surface area contributed by atoms with Gasteiger partial charge in [-0.25, -0.2) is 4.98 Å². The lowest BCUT2D eigenvalue weighted by Crippen LogP contribution is -2.23. The van der Waals surface area contributed by atoms with Crippen molar-refractivity contribution in [2.24, 2.45) is 0 Å². The molecule has 0 bridgehead atoms. The van der Waals surface area contributed by atoms with Crippen molar-refractivity contribution in [3.05, 3.63) is 50.1 Å². The second-order valence-corrected chi connectivity index (χ2v) is 9.73. The summed E-state index contributed by atoms with van der Waals surface area (Å²) < 4.78 is 6.86. The minimum absolute atomic E-state index is 0.0800. The van der Waals surface area contributed by atoms with Gasteiger partial charge in [-0.15, -0.1) is 11.3 Å². The van der Waals surface area contributed by atoms with E-state index in [9.17, 15) is 9.59 Å². The van der Waals surface area contributed by atoms with E-state index in [-0.39, 0.29) is 17.3 Å². The monoisotopic (exact) mass is 462 g/mol. The number of hydrogen-bond acceptors (Lipinski definition) is 6. The zero-order valence-corrected chi connectivity index (χ0v) is 19.2. The average molecular weight is 463 g/mol. The highest BCUT2D eigenvalue weighted by atomic mass is 35.5. The van der Waals surface area contributed by atoms with Crippen LogP contribution in [0.3, 0.4) is 0 Å². The molecule has 0 N–H and O–H groups in total. The molecule has 8 heteroatoms. The predicted molar refractivity (Wildman–Crippen MR) is 123 cm³/mol. The van der Waals surface area contributed by atoms with Gasteiger partial charge in [0.2, 0.25) is 0 Å². The highest BCUT2D eigenvalue weighted by molar-refractivity contribution is 7.99. The highest BCUT2D eigenvalue weighted by Crippen LogP contribution is 2.35. The number of carbonyl (C=O) groups excluding carboxylic acids is 1. The van der Waals surface area contributed by atoms with E-state index in [1.807, 2.05) is 6.92 Å². The van der Waals surface area contributed by atoms with Crippen LogP contribution in [-0.2, 0) is 22.4 Å². The second-order valence-electron chi connectivity index (χ2n) is 7.27. The summed E-state index contributed by atoms with van der Waals surface area (Å²) in [6, 6.07) is 7.12. The van der Waals surface area contributed by atoms with Gasteiger partial charge in [-0.3, -0.25) is 14.2 Å². The summed E-state index contributed by atoms with van der Waals surface area (Å²) in [4.78, 5) is 32.6.